The number of piperidine rings is 1. The van der Waals surface area contributed by atoms with E-state index in [1.807, 2.05) is 6.07 Å². The van der Waals surface area contributed by atoms with Gasteiger partial charge in [-0.25, -0.2) is 0 Å². The summed E-state index contributed by atoms with van der Waals surface area (Å²) in [4.78, 5) is 2.43. The van der Waals surface area contributed by atoms with Gasteiger partial charge in [0.05, 0.1) is 13.2 Å². The van der Waals surface area contributed by atoms with Gasteiger partial charge in [0, 0.05) is 30.6 Å². The molecule has 0 aromatic heterocycles. The van der Waals surface area contributed by atoms with Crippen LogP contribution in [-0.4, -0.2) is 43.8 Å². The van der Waals surface area contributed by atoms with Crippen LogP contribution >= 0.6 is 0 Å². The molecule has 2 atom stereocenters. The molecule has 1 aromatic rings. The second-order valence-electron chi connectivity index (χ2n) is 6.23. The smallest absolute Gasteiger partial charge is 0.165 e. The van der Waals surface area contributed by atoms with Crippen LogP contribution in [0.3, 0.4) is 0 Å². The molecule has 2 aliphatic rings. The number of ether oxygens (including phenoxy) is 2. The molecule has 1 saturated heterocycles. The summed E-state index contributed by atoms with van der Waals surface area (Å²) in [5.74, 6) is 1.83. The lowest BCUT2D eigenvalue weighted by molar-refractivity contribution is 0.168. The molecule has 2 aliphatic heterocycles. The van der Waals surface area contributed by atoms with E-state index in [2.05, 4.69) is 36.3 Å². The van der Waals surface area contributed by atoms with Crippen molar-refractivity contribution in [1.82, 2.24) is 10.2 Å². The fourth-order valence-electron chi connectivity index (χ4n) is 3.12. The summed E-state index contributed by atoms with van der Waals surface area (Å²) in [6.45, 7) is 5.82. The van der Waals surface area contributed by atoms with E-state index >= 15 is 0 Å². The van der Waals surface area contributed by atoms with E-state index in [9.17, 15) is 0 Å². The fourth-order valence-corrected chi connectivity index (χ4v) is 3.12. The number of fused-ring (bicyclic) bond motifs is 1. The van der Waals surface area contributed by atoms with Crippen LogP contribution in [0.4, 0.5) is 0 Å². The molecule has 0 bridgehead atoms. The van der Waals surface area contributed by atoms with E-state index in [0.29, 0.717) is 12.1 Å². The van der Waals surface area contributed by atoms with E-state index in [1.165, 1.54) is 24.9 Å². The van der Waals surface area contributed by atoms with E-state index in [1.54, 1.807) is 0 Å². The Morgan fingerprint density at radius 2 is 2.14 bits per heavy atom. The summed E-state index contributed by atoms with van der Waals surface area (Å²) in [6, 6.07) is 7.45. The van der Waals surface area contributed by atoms with Crippen molar-refractivity contribution in [2.45, 2.75) is 44.8 Å². The maximum absolute atomic E-state index is 5.88. The molecule has 4 heteroatoms. The minimum absolute atomic E-state index is 0.596. The van der Waals surface area contributed by atoms with Gasteiger partial charge in [0.2, 0.25) is 0 Å². The van der Waals surface area contributed by atoms with Gasteiger partial charge in [0.25, 0.3) is 0 Å². The number of nitrogens with one attached hydrogen (secondary N) is 1. The molecule has 1 N–H and O–H groups in total. The average molecular weight is 290 g/mol. The van der Waals surface area contributed by atoms with Gasteiger partial charge in [-0.15, -0.1) is 0 Å². The second-order valence-corrected chi connectivity index (χ2v) is 6.23. The van der Waals surface area contributed by atoms with Gasteiger partial charge < -0.3 is 19.7 Å². The molecule has 0 amide bonds. The Morgan fingerprint density at radius 3 is 3.00 bits per heavy atom. The quantitative estimate of drug-likeness (QED) is 0.927. The molecule has 1 fully saturated rings. The van der Waals surface area contributed by atoms with Crippen LogP contribution < -0.4 is 14.8 Å². The lowest BCUT2D eigenvalue weighted by Crippen LogP contribution is -2.45. The number of nitrogens with zero attached hydrogens (tertiary/aromatic N) is 1. The van der Waals surface area contributed by atoms with Gasteiger partial charge >= 0.3 is 0 Å². The maximum Gasteiger partial charge on any atom is 0.165 e. The molecular formula is C17H26N2O2. The van der Waals surface area contributed by atoms with Crippen molar-refractivity contribution in [3.05, 3.63) is 23.8 Å². The molecule has 0 spiro atoms. The molecule has 3 rings (SSSR count). The first kappa shape index (κ1) is 14.7. The van der Waals surface area contributed by atoms with E-state index in [0.717, 1.165) is 37.7 Å². The van der Waals surface area contributed by atoms with Crippen LogP contribution in [0.2, 0.25) is 0 Å². The Morgan fingerprint density at radius 1 is 1.29 bits per heavy atom. The standard InChI is InChI=1S/C17H26N2O2/c1-13-11-15(7-8-19(13)2)18-12-14-5-3-6-16-17(14)21-10-4-9-20-16/h3,5-6,13,15,18H,4,7-12H2,1-2H3. The highest BCUT2D eigenvalue weighted by atomic mass is 16.5. The van der Waals surface area contributed by atoms with Gasteiger partial charge in [0.1, 0.15) is 0 Å². The van der Waals surface area contributed by atoms with Gasteiger partial charge in [-0.1, -0.05) is 12.1 Å². The lowest BCUT2D eigenvalue weighted by atomic mass is 9.98. The van der Waals surface area contributed by atoms with E-state index in [4.69, 9.17) is 9.47 Å². The second kappa shape index (κ2) is 6.67. The van der Waals surface area contributed by atoms with Crippen LogP contribution in [-0.2, 0) is 6.54 Å². The van der Waals surface area contributed by atoms with Crippen molar-refractivity contribution >= 4 is 0 Å². The van der Waals surface area contributed by atoms with Crippen LogP contribution in [0.25, 0.3) is 0 Å². The molecule has 1 aromatic carbocycles. The minimum Gasteiger partial charge on any atom is -0.490 e. The number of benzene rings is 1. The Hall–Kier alpha value is -1.26. The third kappa shape index (κ3) is 3.50. The third-order valence-corrected chi connectivity index (χ3v) is 4.64. The monoisotopic (exact) mass is 290 g/mol. The number of likely N-dealkylation sites (tertiary alicyclic amines) is 1. The maximum atomic E-state index is 5.88. The normalized spacial score (nSPS) is 26.4. The van der Waals surface area contributed by atoms with Gasteiger partial charge in [-0.2, -0.15) is 0 Å². The van der Waals surface area contributed by atoms with Crippen molar-refractivity contribution < 1.29 is 9.47 Å². The highest BCUT2D eigenvalue weighted by molar-refractivity contribution is 5.47. The predicted molar refractivity (Wildman–Crippen MR) is 84.0 cm³/mol. The topological polar surface area (TPSA) is 33.7 Å². The van der Waals surface area contributed by atoms with Crippen molar-refractivity contribution in [3.63, 3.8) is 0 Å². The highest BCUT2D eigenvalue weighted by Crippen LogP contribution is 2.33. The zero-order valence-corrected chi connectivity index (χ0v) is 13.1. The SMILES string of the molecule is CC1CC(NCc2cccc3c2OCCCO3)CCN1C. The summed E-state index contributed by atoms with van der Waals surface area (Å²) in [6.07, 6.45) is 3.38. The molecule has 4 nitrogen and oxygen atoms in total. The van der Waals surface area contributed by atoms with Crippen LogP contribution in [0.15, 0.2) is 18.2 Å². The van der Waals surface area contributed by atoms with Gasteiger partial charge in [-0.05, 0) is 39.4 Å². The summed E-state index contributed by atoms with van der Waals surface area (Å²) in [5, 5.41) is 3.70. The largest absolute Gasteiger partial charge is 0.490 e. The minimum atomic E-state index is 0.596. The molecule has 0 radical (unpaired) electrons. The van der Waals surface area contributed by atoms with Crippen molar-refractivity contribution in [1.29, 1.82) is 0 Å². The first-order valence-electron chi connectivity index (χ1n) is 8.05. The molecular weight excluding hydrogens is 264 g/mol. The van der Waals surface area contributed by atoms with E-state index in [-0.39, 0.29) is 0 Å². The molecule has 21 heavy (non-hydrogen) atoms. The molecule has 0 saturated carbocycles. The predicted octanol–water partition coefficient (Wildman–Crippen LogP) is 2.42. The fraction of sp³-hybridized carbons (Fsp3) is 0.647. The average Bonchev–Trinajstić information content (AvgIpc) is 2.74. The van der Waals surface area contributed by atoms with Crippen molar-refractivity contribution in [2.75, 3.05) is 26.8 Å². The van der Waals surface area contributed by atoms with Crippen molar-refractivity contribution in [3.8, 4) is 11.5 Å². The molecule has 116 valence electrons. The first-order chi connectivity index (χ1) is 10.2. The molecule has 2 heterocycles. The summed E-state index contributed by atoms with van der Waals surface area (Å²) in [7, 11) is 2.21. The zero-order chi connectivity index (χ0) is 14.7. The van der Waals surface area contributed by atoms with Crippen LogP contribution in [0.1, 0.15) is 31.7 Å². The highest BCUT2D eigenvalue weighted by Gasteiger charge is 2.23. The first-order valence-corrected chi connectivity index (χ1v) is 8.05. The lowest BCUT2D eigenvalue weighted by Gasteiger charge is -2.35. The van der Waals surface area contributed by atoms with Crippen molar-refractivity contribution in [2.24, 2.45) is 0 Å². The van der Waals surface area contributed by atoms with Crippen LogP contribution in [0, 0.1) is 0 Å². The molecule has 0 aliphatic carbocycles. The van der Waals surface area contributed by atoms with Gasteiger partial charge in [-0.3, -0.25) is 0 Å². The Labute approximate surface area is 127 Å². The Kier molecular flexibility index (Phi) is 4.66. The Balaban J connectivity index is 1.63. The zero-order valence-electron chi connectivity index (χ0n) is 13.1. The number of rotatable bonds is 3. The number of para-hydroxylation sites is 1. The van der Waals surface area contributed by atoms with E-state index < -0.39 is 0 Å². The van der Waals surface area contributed by atoms with Crippen LogP contribution in [0.5, 0.6) is 11.5 Å². The summed E-state index contributed by atoms with van der Waals surface area (Å²) in [5.41, 5.74) is 1.21. The van der Waals surface area contributed by atoms with Gasteiger partial charge in [0.15, 0.2) is 11.5 Å². The number of hydrogen-bond acceptors (Lipinski definition) is 4. The Bertz CT molecular complexity index is 478. The number of hydrogen-bond donors (Lipinski definition) is 1. The summed E-state index contributed by atoms with van der Waals surface area (Å²) < 4.78 is 11.6. The third-order valence-electron chi connectivity index (χ3n) is 4.64. The molecule has 2 unspecified atom stereocenters. The summed E-state index contributed by atoms with van der Waals surface area (Å²) >= 11 is 0.